The van der Waals surface area contributed by atoms with Gasteiger partial charge in [-0.05, 0) is 26.7 Å². The zero-order valence-corrected chi connectivity index (χ0v) is 8.03. The fourth-order valence-corrected chi connectivity index (χ4v) is 1.43. The third-order valence-corrected chi connectivity index (χ3v) is 2.03. The molecule has 0 aromatic carbocycles. The fraction of sp³-hybridized carbons (Fsp3) is 0.778. The van der Waals surface area contributed by atoms with Crippen LogP contribution < -0.4 is 0 Å². The van der Waals surface area contributed by atoms with Crippen molar-refractivity contribution in [2.75, 3.05) is 6.54 Å². The number of likely N-dealkylation sites (tertiary alicyclic amines) is 1. The molecule has 1 amide bonds. The maximum absolute atomic E-state index is 11.4. The smallest absolute Gasteiger partial charge is 0.410 e. The van der Waals surface area contributed by atoms with E-state index in [1.54, 1.807) is 13.8 Å². The molecule has 0 bridgehead atoms. The molecule has 0 aromatic rings. The van der Waals surface area contributed by atoms with Crippen molar-refractivity contribution in [1.29, 1.82) is 0 Å². The summed E-state index contributed by atoms with van der Waals surface area (Å²) in [5, 5.41) is 0. The quantitative estimate of drug-likeness (QED) is 0.607. The van der Waals surface area contributed by atoms with Crippen molar-refractivity contribution in [3.8, 4) is 0 Å². The summed E-state index contributed by atoms with van der Waals surface area (Å²) in [4.78, 5) is 23.4. The van der Waals surface area contributed by atoms with Gasteiger partial charge < -0.3 is 9.53 Å². The SMILES string of the molecule is CC(C)OC(=O)N1CCC[C@H]1C=O. The average Bonchev–Trinajstić information content (AvgIpc) is 2.49. The van der Waals surface area contributed by atoms with E-state index in [0.29, 0.717) is 6.54 Å². The molecule has 0 radical (unpaired) electrons. The van der Waals surface area contributed by atoms with Gasteiger partial charge in [-0.1, -0.05) is 0 Å². The van der Waals surface area contributed by atoms with E-state index in [-0.39, 0.29) is 18.2 Å². The van der Waals surface area contributed by atoms with Crippen LogP contribution in [0.5, 0.6) is 0 Å². The van der Waals surface area contributed by atoms with E-state index in [4.69, 9.17) is 4.74 Å². The zero-order valence-electron chi connectivity index (χ0n) is 8.03. The third kappa shape index (κ3) is 2.44. The van der Waals surface area contributed by atoms with Crippen molar-refractivity contribution >= 4 is 12.4 Å². The Labute approximate surface area is 77.8 Å². The van der Waals surface area contributed by atoms with Gasteiger partial charge >= 0.3 is 6.09 Å². The Bertz CT molecular complexity index is 203. The normalized spacial score (nSPS) is 22.1. The fourth-order valence-electron chi connectivity index (χ4n) is 1.43. The lowest BCUT2D eigenvalue weighted by Crippen LogP contribution is -2.37. The molecule has 0 aliphatic carbocycles. The number of aldehydes is 1. The number of nitrogens with zero attached hydrogens (tertiary/aromatic N) is 1. The van der Waals surface area contributed by atoms with E-state index in [1.165, 1.54) is 4.90 Å². The van der Waals surface area contributed by atoms with E-state index in [0.717, 1.165) is 19.1 Å². The summed E-state index contributed by atoms with van der Waals surface area (Å²) in [5.74, 6) is 0. The molecule has 4 nitrogen and oxygen atoms in total. The Hall–Kier alpha value is -1.06. The van der Waals surface area contributed by atoms with Gasteiger partial charge in [0.2, 0.25) is 0 Å². The van der Waals surface area contributed by atoms with Crippen LogP contribution in [0.3, 0.4) is 0 Å². The van der Waals surface area contributed by atoms with Crippen molar-refractivity contribution < 1.29 is 14.3 Å². The van der Waals surface area contributed by atoms with Crippen LogP contribution in [0.4, 0.5) is 4.79 Å². The van der Waals surface area contributed by atoms with Crippen LogP contribution in [0.2, 0.25) is 0 Å². The van der Waals surface area contributed by atoms with E-state index >= 15 is 0 Å². The molecule has 1 heterocycles. The first-order chi connectivity index (χ1) is 6.15. The minimum Gasteiger partial charge on any atom is -0.447 e. The second-order valence-electron chi connectivity index (χ2n) is 3.47. The molecule has 0 spiro atoms. The average molecular weight is 185 g/mol. The van der Waals surface area contributed by atoms with Crippen molar-refractivity contribution in [3.63, 3.8) is 0 Å². The predicted molar refractivity (Wildman–Crippen MR) is 47.4 cm³/mol. The minimum atomic E-state index is -0.371. The summed E-state index contributed by atoms with van der Waals surface area (Å²) in [6.45, 7) is 4.22. The van der Waals surface area contributed by atoms with Gasteiger partial charge in [0.05, 0.1) is 12.1 Å². The zero-order chi connectivity index (χ0) is 9.84. The lowest BCUT2D eigenvalue weighted by molar-refractivity contribution is -0.111. The third-order valence-electron chi connectivity index (χ3n) is 2.03. The van der Waals surface area contributed by atoms with Crippen molar-refractivity contribution in [1.82, 2.24) is 4.90 Å². The topological polar surface area (TPSA) is 46.6 Å². The number of amides is 1. The van der Waals surface area contributed by atoms with E-state index in [1.807, 2.05) is 0 Å². The summed E-state index contributed by atoms with van der Waals surface area (Å²) >= 11 is 0. The molecule has 0 unspecified atom stereocenters. The number of hydrogen-bond acceptors (Lipinski definition) is 3. The first-order valence-corrected chi connectivity index (χ1v) is 4.57. The maximum atomic E-state index is 11.4. The van der Waals surface area contributed by atoms with E-state index < -0.39 is 0 Å². The lowest BCUT2D eigenvalue weighted by atomic mass is 10.2. The molecule has 1 saturated heterocycles. The van der Waals surface area contributed by atoms with Crippen LogP contribution in [0.25, 0.3) is 0 Å². The van der Waals surface area contributed by atoms with Crippen molar-refractivity contribution in [2.24, 2.45) is 0 Å². The van der Waals surface area contributed by atoms with Crippen LogP contribution in [-0.2, 0) is 9.53 Å². The molecule has 1 atom stereocenters. The number of carbonyl (C=O) groups is 2. The molecule has 13 heavy (non-hydrogen) atoms. The Balaban J connectivity index is 2.50. The minimum absolute atomic E-state index is 0.125. The highest BCUT2D eigenvalue weighted by Crippen LogP contribution is 2.16. The molecule has 4 heteroatoms. The highest BCUT2D eigenvalue weighted by molar-refractivity contribution is 5.74. The van der Waals surface area contributed by atoms with Crippen LogP contribution >= 0.6 is 0 Å². The number of hydrogen-bond donors (Lipinski definition) is 0. The first kappa shape index (κ1) is 10.0. The molecule has 0 N–H and O–H groups in total. The predicted octanol–water partition coefficient (Wildman–Crippen LogP) is 1.19. The summed E-state index contributed by atoms with van der Waals surface area (Å²) < 4.78 is 4.99. The van der Waals surface area contributed by atoms with Gasteiger partial charge in [-0.25, -0.2) is 4.79 Å². The van der Waals surface area contributed by atoms with Crippen LogP contribution in [0, 0.1) is 0 Å². The standard InChI is InChI=1S/C9H15NO3/c1-7(2)13-9(12)10-5-3-4-8(10)6-11/h6-8H,3-5H2,1-2H3/t8-/m0/s1. The highest BCUT2D eigenvalue weighted by atomic mass is 16.6. The van der Waals surface area contributed by atoms with Crippen LogP contribution in [0.1, 0.15) is 26.7 Å². The Morgan fingerprint density at radius 1 is 1.62 bits per heavy atom. The summed E-state index contributed by atoms with van der Waals surface area (Å²) in [7, 11) is 0. The molecule has 1 fully saturated rings. The first-order valence-electron chi connectivity index (χ1n) is 4.57. The molecule has 1 rings (SSSR count). The maximum Gasteiger partial charge on any atom is 0.410 e. The van der Waals surface area contributed by atoms with Crippen LogP contribution in [0.15, 0.2) is 0 Å². The molecular weight excluding hydrogens is 170 g/mol. The van der Waals surface area contributed by atoms with Gasteiger partial charge in [0.1, 0.15) is 6.29 Å². The summed E-state index contributed by atoms with van der Waals surface area (Å²) in [5.41, 5.74) is 0. The molecule has 1 aliphatic heterocycles. The Morgan fingerprint density at radius 3 is 2.85 bits per heavy atom. The molecule has 1 aliphatic rings. The highest BCUT2D eigenvalue weighted by Gasteiger charge is 2.29. The molecule has 0 saturated carbocycles. The van der Waals surface area contributed by atoms with Crippen molar-refractivity contribution in [2.45, 2.75) is 38.8 Å². The van der Waals surface area contributed by atoms with Crippen LogP contribution in [-0.4, -0.2) is 36.0 Å². The second kappa shape index (κ2) is 4.25. The molecule has 74 valence electrons. The van der Waals surface area contributed by atoms with Gasteiger partial charge in [-0.3, -0.25) is 4.90 Å². The summed E-state index contributed by atoms with van der Waals surface area (Å²) in [6.07, 6.45) is 1.96. The molecular formula is C9H15NO3. The van der Waals surface area contributed by atoms with E-state index in [2.05, 4.69) is 0 Å². The largest absolute Gasteiger partial charge is 0.447 e. The van der Waals surface area contributed by atoms with Gasteiger partial charge in [0.25, 0.3) is 0 Å². The van der Waals surface area contributed by atoms with Gasteiger partial charge in [-0.2, -0.15) is 0 Å². The number of ether oxygens (including phenoxy) is 1. The number of carbonyl (C=O) groups excluding carboxylic acids is 2. The lowest BCUT2D eigenvalue weighted by Gasteiger charge is -2.21. The van der Waals surface area contributed by atoms with Crippen molar-refractivity contribution in [3.05, 3.63) is 0 Å². The Kier molecular flexibility index (Phi) is 3.28. The molecule has 0 aromatic heterocycles. The second-order valence-corrected chi connectivity index (χ2v) is 3.47. The van der Waals surface area contributed by atoms with E-state index in [9.17, 15) is 9.59 Å². The summed E-state index contributed by atoms with van der Waals surface area (Å²) in [6, 6.07) is -0.272. The van der Waals surface area contributed by atoms with Gasteiger partial charge in [0, 0.05) is 6.54 Å². The Morgan fingerprint density at radius 2 is 2.31 bits per heavy atom. The van der Waals surface area contributed by atoms with Gasteiger partial charge in [0.15, 0.2) is 0 Å². The number of rotatable bonds is 2. The monoisotopic (exact) mass is 185 g/mol. The van der Waals surface area contributed by atoms with Gasteiger partial charge in [-0.15, -0.1) is 0 Å².